The molecule has 10 heteroatoms. The number of rotatable bonds is 24. The molecular weight excluding hydrogens is 746 g/mol. The van der Waals surface area contributed by atoms with Gasteiger partial charge in [-0.3, -0.25) is 14.4 Å². The maximum absolute atomic E-state index is 13.8. The first-order valence-corrected chi connectivity index (χ1v) is 21.6. The number of halogens is 1. The highest BCUT2D eigenvalue weighted by molar-refractivity contribution is 6.32. The van der Waals surface area contributed by atoms with Crippen LogP contribution in [0.3, 0.4) is 0 Å². The number of anilines is 2. The highest BCUT2D eigenvalue weighted by atomic mass is 35.5. The van der Waals surface area contributed by atoms with Crippen molar-refractivity contribution in [3.63, 3.8) is 0 Å². The number of aromatic nitrogens is 3. The molecular formula is C48H60ClN5O4. The number of hydrogen-bond acceptors (Lipinski definition) is 5. The van der Waals surface area contributed by atoms with Crippen molar-refractivity contribution in [2.75, 3.05) is 17.2 Å². The minimum absolute atomic E-state index is 0.0711. The second kappa shape index (κ2) is 23.3. The molecule has 0 aliphatic carbocycles. The number of unbranched alkanes of at least 4 members (excludes halogenated alkanes) is 12. The van der Waals surface area contributed by atoms with Crippen molar-refractivity contribution in [3.05, 3.63) is 129 Å². The maximum Gasteiger partial charge on any atom is 0.290 e. The highest BCUT2D eigenvalue weighted by Gasteiger charge is 2.23. The van der Waals surface area contributed by atoms with E-state index in [9.17, 15) is 14.4 Å². The van der Waals surface area contributed by atoms with Crippen LogP contribution < -0.4 is 25.5 Å². The Bertz CT molecular complexity index is 2100. The molecule has 2 N–H and O–H groups in total. The normalized spacial score (nSPS) is 11.1. The van der Waals surface area contributed by atoms with Crippen molar-refractivity contribution in [3.8, 4) is 17.1 Å². The van der Waals surface area contributed by atoms with Gasteiger partial charge in [-0.25, -0.2) is 0 Å². The van der Waals surface area contributed by atoms with Crippen molar-refractivity contribution in [1.82, 2.24) is 9.78 Å². The average molecular weight is 806 g/mol. The summed E-state index contributed by atoms with van der Waals surface area (Å²) in [4.78, 5) is 40.3. The number of pyridine rings is 1. The molecule has 0 aliphatic heterocycles. The molecule has 0 aliphatic rings. The van der Waals surface area contributed by atoms with Gasteiger partial charge in [0, 0.05) is 17.7 Å². The number of hydrogen-bond donors (Lipinski definition) is 2. The van der Waals surface area contributed by atoms with Crippen LogP contribution in [0.15, 0.2) is 96.1 Å². The smallest absolute Gasteiger partial charge is 0.290 e. The van der Waals surface area contributed by atoms with Gasteiger partial charge in [-0.15, -0.1) is 0 Å². The van der Waals surface area contributed by atoms with Gasteiger partial charge in [0.25, 0.3) is 11.5 Å². The van der Waals surface area contributed by atoms with E-state index < -0.39 is 11.5 Å². The third-order valence-electron chi connectivity index (χ3n) is 10.3. The molecule has 58 heavy (non-hydrogen) atoms. The van der Waals surface area contributed by atoms with Crippen LogP contribution in [-0.2, 0) is 11.2 Å². The number of aryl methyl sites for hydroxylation is 3. The minimum atomic E-state index is -0.491. The molecule has 0 saturated carbocycles. The molecule has 0 saturated heterocycles. The average Bonchev–Trinajstić information content (AvgIpc) is 3.52. The number of nitrogens with one attached hydrogen (secondary N) is 2. The zero-order valence-corrected chi connectivity index (χ0v) is 35.3. The van der Waals surface area contributed by atoms with Crippen LogP contribution in [0.2, 0.25) is 5.02 Å². The predicted molar refractivity (Wildman–Crippen MR) is 235 cm³/mol. The van der Waals surface area contributed by atoms with Crippen molar-refractivity contribution < 1.29 is 18.9 Å². The number of ether oxygens (including phenoxy) is 1. The van der Waals surface area contributed by atoms with E-state index in [2.05, 4.69) is 34.8 Å². The van der Waals surface area contributed by atoms with Crippen LogP contribution in [0.4, 0.5) is 11.5 Å². The summed E-state index contributed by atoms with van der Waals surface area (Å²) in [6, 6.07) is 24.0. The second-order valence-corrected chi connectivity index (χ2v) is 15.7. The standard InChI is InChI=1S/C48H60ClN5O4/c1-4-5-6-7-8-9-10-11-12-13-14-15-17-23-38-24-20-27-41(34-38)58-31-22-28-43(55)50-40-26-21-25-39(35-40)47(56)51-46-45(53-29-18-16-19-30-53)48(57)54(52-46)44-37(3)32-36(2)33-42(44)49/h16,18-21,24-27,29-30,32-35H,4-15,17,22-23,28,31H2,1-3H3,(H,50,55)(H,51,52,56). The van der Waals surface area contributed by atoms with Crippen molar-refractivity contribution in [2.24, 2.45) is 0 Å². The lowest BCUT2D eigenvalue weighted by Crippen LogP contribution is -2.37. The lowest BCUT2D eigenvalue weighted by atomic mass is 10.0. The van der Waals surface area contributed by atoms with Gasteiger partial charge < -0.3 is 19.9 Å². The van der Waals surface area contributed by atoms with Gasteiger partial charge in [-0.1, -0.05) is 138 Å². The fraction of sp³-hybridized carbons (Fsp3) is 0.417. The number of carbonyl (C=O) groups is 2. The molecule has 0 radical (unpaired) electrons. The summed E-state index contributed by atoms with van der Waals surface area (Å²) < 4.78 is 8.83. The third-order valence-corrected chi connectivity index (χ3v) is 10.6. The summed E-state index contributed by atoms with van der Waals surface area (Å²) >= 11 is 6.60. The Labute approximate surface area is 349 Å². The molecule has 3 aromatic carbocycles. The van der Waals surface area contributed by atoms with Crippen LogP contribution >= 0.6 is 11.6 Å². The van der Waals surface area contributed by atoms with Crippen molar-refractivity contribution >= 4 is 34.9 Å². The molecule has 2 amide bonds. The van der Waals surface area contributed by atoms with Crippen LogP contribution in [0.25, 0.3) is 11.4 Å². The number of nitrogens with zero attached hydrogens (tertiary/aromatic N) is 3. The summed E-state index contributed by atoms with van der Waals surface area (Å²) in [6.45, 7) is 6.47. The first kappa shape index (κ1) is 44.0. The first-order valence-electron chi connectivity index (χ1n) is 21.2. The summed E-state index contributed by atoms with van der Waals surface area (Å²) in [5.74, 6) is 0.225. The van der Waals surface area contributed by atoms with Gasteiger partial charge >= 0.3 is 0 Å². The largest absolute Gasteiger partial charge is 0.494 e. The topological polar surface area (TPSA) is 106 Å². The molecule has 2 aromatic heterocycles. The Balaban J connectivity index is 1.06. The summed E-state index contributed by atoms with van der Waals surface area (Å²) in [5.41, 5.74) is 3.94. The quantitative estimate of drug-likeness (QED) is 0.0367. The van der Waals surface area contributed by atoms with Crippen LogP contribution in [-0.4, -0.2) is 28.2 Å². The van der Waals surface area contributed by atoms with E-state index in [0.717, 1.165) is 23.3 Å². The van der Waals surface area contributed by atoms with Gasteiger partial charge in [-0.2, -0.15) is 9.78 Å². The summed E-state index contributed by atoms with van der Waals surface area (Å²) in [5, 5.41) is 10.6. The molecule has 9 nitrogen and oxygen atoms in total. The molecule has 5 rings (SSSR count). The fourth-order valence-electron chi connectivity index (χ4n) is 7.29. The SMILES string of the molecule is CCCCCCCCCCCCCCCc1cccc(OCCCC(=O)Nc2cccc(C(=O)Nc3nn(-c4c(C)cc(C)cc4Cl)c(=O)[c-]3-[n+]3ccccc3)c2)c1. The minimum Gasteiger partial charge on any atom is -0.494 e. The summed E-state index contributed by atoms with van der Waals surface area (Å²) in [7, 11) is 0. The summed E-state index contributed by atoms with van der Waals surface area (Å²) in [6.07, 6.45) is 22.8. The van der Waals surface area contributed by atoms with Crippen LogP contribution in [0.1, 0.15) is 130 Å². The van der Waals surface area contributed by atoms with Gasteiger partial charge in [0.15, 0.2) is 5.82 Å². The molecule has 0 bridgehead atoms. The van der Waals surface area contributed by atoms with E-state index in [1.165, 1.54) is 93.7 Å². The van der Waals surface area contributed by atoms with Gasteiger partial charge in [-0.05, 0) is 86.2 Å². The van der Waals surface area contributed by atoms with Crippen molar-refractivity contribution in [1.29, 1.82) is 0 Å². The number of benzene rings is 3. The lowest BCUT2D eigenvalue weighted by Gasteiger charge is -2.10. The molecule has 0 spiro atoms. The van der Waals surface area contributed by atoms with Crippen LogP contribution in [0.5, 0.6) is 5.75 Å². The van der Waals surface area contributed by atoms with Gasteiger partial charge in [0.2, 0.25) is 11.6 Å². The number of carbonyl (C=O) groups excluding carboxylic acids is 2. The van der Waals surface area contributed by atoms with E-state index in [-0.39, 0.29) is 29.4 Å². The lowest BCUT2D eigenvalue weighted by molar-refractivity contribution is -0.595. The first-order chi connectivity index (χ1) is 28.2. The Morgan fingerprint density at radius 3 is 2.14 bits per heavy atom. The van der Waals surface area contributed by atoms with Gasteiger partial charge in [0.05, 0.1) is 29.7 Å². The van der Waals surface area contributed by atoms with Crippen LogP contribution in [0, 0.1) is 13.8 Å². The third kappa shape index (κ3) is 13.5. The van der Waals surface area contributed by atoms with Gasteiger partial charge in [0.1, 0.15) is 5.75 Å². The Morgan fingerprint density at radius 1 is 0.776 bits per heavy atom. The number of amides is 2. The molecule has 0 atom stereocenters. The van der Waals surface area contributed by atoms with E-state index in [0.29, 0.717) is 29.4 Å². The maximum atomic E-state index is 13.8. The zero-order valence-electron chi connectivity index (χ0n) is 34.5. The second-order valence-electron chi connectivity index (χ2n) is 15.3. The Kier molecular flexibility index (Phi) is 17.7. The van der Waals surface area contributed by atoms with E-state index in [1.807, 2.05) is 38.1 Å². The molecule has 5 aromatic rings. The zero-order chi connectivity index (χ0) is 41.1. The monoisotopic (exact) mass is 805 g/mol. The Morgan fingerprint density at radius 2 is 1.45 bits per heavy atom. The fourth-order valence-corrected chi connectivity index (χ4v) is 7.69. The van der Waals surface area contributed by atoms with Crippen molar-refractivity contribution in [2.45, 2.75) is 124 Å². The molecule has 0 unspecified atom stereocenters. The highest BCUT2D eigenvalue weighted by Crippen LogP contribution is 2.26. The van der Waals surface area contributed by atoms with E-state index in [1.54, 1.807) is 59.4 Å². The Hall–Kier alpha value is -5.15. The molecule has 308 valence electrons. The predicted octanol–water partition coefficient (Wildman–Crippen LogP) is 11.2. The van der Waals surface area contributed by atoms with E-state index in [4.69, 9.17) is 16.3 Å². The molecule has 0 fully saturated rings. The molecule has 2 heterocycles. The van der Waals surface area contributed by atoms with E-state index >= 15 is 0 Å².